The van der Waals surface area contributed by atoms with Crippen LogP contribution in [0.3, 0.4) is 0 Å². The van der Waals surface area contributed by atoms with E-state index in [1.165, 1.54) is 0 Å². The molecule has 70 valence electrons. The molecule has 0 saturated heterocycles. The summed E-state index contributed by atoms with van der Waals surface area (Å²) in [6.45, 7) is 7.61. The van der Waals surface area contributed by atoms with Crippen molar-refractivity contribution in [2.45, 2.75) is 45.8 Å². The average Bonchev–Trinajstić information content (AvgIpc) is 2.40. The van der Waals surface area contributed by atoms with Gasteiger partial charge in [0.05, 0.1) is 6.04 Å². The minimum atomic E-state index is -0.420. The molecule has 1 aliphatic carbocycles. The van der Waals surface area contributed by atoms with Crippen molar-refractivity contribution in [2.75, 3.05) is 0 Å². The van der Waals surface area contributed by atoms with Crippen LogP contribution in [-0.4, -0.2) is 17.7 Å². The van der Waals surface area contributed by atoms with Gasteiger partial charge in [-0.15, -0.1) is 0 Å². The van der Waals surface area contributed by atoms with E-state index in [2.05, 4.69) is 11.9 Å². The second kappa shape index (κ2) is 2.96. The maximum atomic E-state index is 11.1. The van der Waals surface area contributed by atoms with Gasteiger partial charge in [0.15, 0.2) is 0 Å². The Hall–Kier alpha value is -0.730. The van der Waals surface area contributed by atoms with Crippen LogP contribution >= 0.6 is 0 Å². The maximum Gasteiger partial charge on any atom is 0.146 e. The molecule has 0 bridgehead atoms. The largest absolute Gasteiger partial charge is 0.595 e. The van der Waals surface area contributed by atoms with E-state index in [4.69, 9.17) is 4.74 Å². The Morgan fingerprint density at radius 1 is 1.50 bits per heavy atom. The summed E-state index contributed by atoms with van der Waals surface area (Å²) in [5, 5.41) is 11.1. The molecule has 12 heavy (non-hydrogen) atoms. The number of hydrogen-bond acceptors (Lipinski definition) is 3. The zero-order valence-corrected chi connectivity index (χ0v) is 8.13. The van der Waals surface area contributed by atoms with E-state index < -0.39 is 11.7 Å². The first-order chi connectivity index (χ1) is 5.38. The Bertz CT molecular complexity index is 193. The van der Waals surface area contributed by atoms with Gasteiger partial charge in [-0.25, -0.2) is 0 Å². The van der Waals surface area contributed by atoms with Gasteiger partial charge in [-0.05, 0) is 12.3 Å². The van der Waals surface area contributed by atoms with Crippen molar-refractivity contribution in [2.24, 2.45) is 10.9 Å². The van der Waals surface area contributed by atoms with Gasteiger partial charge in [0.25, 0.3) is 0 Å². The van der Waals surface area contributed by atoms with E-state index in [9.17, 15) is 5.11 Å². The van der Waals surface area contributed by atoms with E-state index in [0.717, 1.165) is 6.42 Å². The van der Waals surface area contributed by atoms with Gasteiger partial charge in [0.1, 0.15) is 6.08 Å². The van der Waals surface area contributed by atoms with Crippen molar-refractivity contribution in [3.05, 3.63) is 0 Å². The monoisotopic (exact) mass is 170 g/mol. The first-order valence-electron chi connectivity index (χ1n) is 4.32. The highest BCUT2D eigenvalue weighted by Gasteiger charge is 2.32. The quantitative estimate of drug-likeness (QED) is 0.434. The van der Waals surface area contributed by atoms with E-state index in [1.807, 2.05) is 20.8 Å². The molecule has 2 atom stereocenters. The van der Waals surface area contributed by atoms with Crippen molar-refractivity contribution in [1.82, 2.24) is 0 Å². The lowest BCUT2D eigenvalue weighted by atomic mass is 10.2. The summed E-state index contributed by atoms with van der Waals surface area (Å²) in [7, 11) is 0. The fourth-order valence-electron chi connectivity index (χ4n) is 0.906. The molecular weight excluding hydrogens is 154 g/mol. The van der Waals surface area contributed by atoms with Crippen LogP contribution in [0.25, 0.3) is 0 Å². The van der Waals surface area contributed by atoms with Crippen LogP contribution in [0.5, 0.6) is 0 Å². The first kappa shape index (κ1) is 9.36. The molecule has 0 N–H and O–H groups in total. The van der Waals surface area contributed by atoms with Crippen LogP contribution in [-0.2, 0) is 4.74 Å². The molecular formula is C9H16NO2-. The van der Waals surface area contributed by atoms with Crippen molar-refractivity contribution in [3.63, 3.8) is 0 Å². The predicted molar refractivity (Wildman–Crippen MR) is 45.8 cm³/mol. The van der Waals surface area contributed by atoms with Crippen LogP contribution in [0.4, 0.5) is 0 Å². The van der Waals surface area contributed by atoms with Gasteiger partial charge in [0, 0.05) is 5.60 Å². The van der Waals surface area contributed by atoms with Gasteiger partial charge in [-0.3, -0.25) is 4.99 Å². The third-order valence-corrected chi connectivity index (χ3v) is 1.73. The van der Waals surface area contributed by atoms with Crippen molar-refractivity contribution in [1.29, 1.82) is 0 Å². The Labute approximate surface area is 73.5 Å². The third kappa shape index (κ3) is 3.11. The second-order valence-corrected chi connectivity index (χ2v) is 4.39. The topological polar surface area (TPSA) is 44.7 Å². The van der Waals surface area contributed by atoms with Crippen LogP contribution in [0.2, 0.25) is 0 Å². The van der Waals surface area contributed by atoms with Crippen molar-refractivity contribution >= 4 is 6.08 Å². The smallest absolute Gasteiger partial charge is 0.146 e. The van der Waals surface area contributed by atoms with E-state index >= 15 is 0 Å². The fraction of sp³-hybridized carbons (Fsp3) is 0.889. The molecule has 1 fully saturated rings. The number of aliphatic imine (C=N–C) groups is 1. The highest BCUT2D eigenvalue weighted by molar-refractivity contribution is 5.62. The fourth-order valence-corrected chi connectivity index (χ4v) is 0.906. The van der Waals surface area contributed by atoms with Gasteiger partial charge >= 0.3 is 0 Å². The third-order valence-electron chi connectivity index (χ3n) is 1.73. The SMILES string of the molecule is CC1CC1N=C([O-])OC(C)(C)C. The summed E-state index contributed by atoms with van der Waals surface area (Å²) < 4.78 is 5.03. The summed E-state index contributed by atoms with van der Waals surface area (Å²) in [5.41, 5.74) is -0.418. The minimum Gasteiger partial charge on any atom is -0.595 e. The normalized spacial score (nSPS) is 30.2. The van der Waals surface area contributed by atoms with E-state index in [-0.39, 0.29) is 6.04 Å². The van der Waals surface area contributed by atoms with Gasteiger partial charge in [-0.1, -0.05) is 27.7 Å². The summed E-state index contributed by atoms with van der Waals surface area (Å²) in [4.78, 5) is 3.89. The Morgan fingerprint density at radius 3 is 2.33 bits per heavy atom. The molecule has 0 amide bonds. The van der Waals surface area contributed by atoms with Gasteiger partial charge in [0.2, 0.25) is 0 Å². The lowest BCUT2D eigenvalue weighted by molar-refractivity contribution is -0.260. The molecule has 1 saturated carbocycles. The predicted octanol–water partition coefficient (Wildman–Crippen LogP) is 0.926. The number of rotatable bonds is 1. The molecule has 3 nitrogen and oxygen atoms in total. The lowest BCUT2D eigenvalue weighted by Gasteiger charge is -2.29. The summed E-state index contributed by atoms with van der Waals surface area (Å²) in [6.07, 6.45) is 0.607. The average molecular weight is 170 g/mol. The molecule has 2 unspecified atom stereocenters. The lowest BCUT2D eigenvalue weighted by Crippen LogP contribution is -2.32. The zero-order valence-electron chi connectivity index (χ0n) is 8.13. The van der Waals surface area contributed by atoms with E-state index in [0.29, 0.717) is 5.92 Å². The first-order valence-corrected chi connectivity index (χ1v) is 4.32. The van der Waals surface area contributed by atoms with Crippen LogP contribution in [0, 0.1) is 5.92 Å². The standard InChI is InChI=1S/C9H17NO2/c1-6-5-7(6)10-8(11)12-9(2,3)4/h6-7H,5H2,1-4H3,(H,10,11)/p-1. The van der Waals surface area contributed by atoms with Gasteiger partial charge in [-0.2, -0.15) is 0 Å². The summed E-state index contributed by atoms with van der Waals surface area (Å²) >= 11 is 0. The molecule has 0 radical (unpaired) electrons. The van der Waals surface area contributed by atoms with Crippen LogP contribution in [0.1, 0.15) is 34.1 Å². The zero-order chi connectivity index (χ0) is 9.35. The molecule has 0 aliphatic heterocycles. The molecule has 3 heteroatoms. The molecule has 0 aromatic carbocycles. The molecule has 1 aliphatic rings. The highest BCUT2D eigenvalue weighted by Crippen LogP contribution is 2.32. The van der Waals surface area contributed by atoms with E-state index in [1.54, 1.807) is 0 Å². The number of ether oxygens (including phenoxy) is 1. The Kier molecular flexibility index (Phi) is 2.31. The highest BCUT2D eigenvalue weighted by atomic mass is 16.6. The van der Waals surface area contributed by atoms with Crippen molar-refractivity contribution in [3.8, 4) is 0 Å². The van der Waals surface area contributed by atoms with Crippen LogP contribution < -0.4 is 5.11 Å². The van der Waals surface area contributed by atoms with Crippen LogP contribution in [0.15, 0.2) is 4.99 Å². The second-order valence-electron chi connectivity index (χ2n) is 4.39. The van der Waals surface area contributed by atoms with Crippen molar-refractivity contribution < 1.29 is 9.84 Å². The molecule has 1 rings (SSSR count). The minimum absolute atomic E-state index is 0.222. The molecule has 0 aromatic heterocycles. The Balaban J connectivity index is 2.37. The molecule has 0 heterocycles. The van der Waals surface area contributed by atoms with Gasteiger partial charge < -0.3 is 9.84 Å². The number of hydrogen-bond donors (Lipinski definition) is 0. The summed E-state index contributed by atoms with van der Waals surface area (Å²) in [6, 6.07) is 0.222. The summed E-state index contributed by atoms with van der Waals surface area (Å²) in [5.74, 6) is 0.567. The maximum absolute atomic E-state index is 11.1. The number of nitrogens with zero attached hydrogens (tertiary/aromatic N) is 1. The molecule has 0 aromatic rings. The Morgan fingerprint density at radius 2 is 2.00 bits per heavy atom. The molecule has 0 spiro atoms.